The Bertz CT molecular complexity index is 706. The van der Waals surface area contributed by atoms with Crippen LogP contribution >= 0.6 is 11.6 Å². The van der Waals surface area contributed by atoms with E-state index in [1.54, 1.807) is 12.1 Å². The van der Waals surface area contributed by atoms with E-state index in [1.165, 1.54) is 31.5 Å². The first-order chi connectivity index (χ1) is 10.0. The Morgan fingerprint density at radius 3 is 2.81 bits per heavy atom. The van der Waals surface area contributed by atoms with Gasteiger partial charge in [-0.2, -0.15) is 0 Å². The van der Waals surface area contributed by atoms with Crippen molar-refractivity contribution in [2.45, 2.75) is 0 Å². The van der Waals surface area contributed by atoms with Crippen LogP contribution < -0.4 is 10.1 Å². The lowest BCUT2D eigenvalue weighted by Gasteiger charge is -2.09. The number of hydrogen-bond donors (Lipinski definition) is 1. The van der Waals surface area contributed by atoms with Crippen LogP contribution in [0.4, 0.5) is 11.4 Å². The monoisotopic (exact) mass is 307 g/mol. The highest BCUT2D eigenvalue weighted by molar-refractivity contribution is 6.32. The van der Waals surface area contributed by atoms with E-state index in [0.29, 0.717) is 5.69 Å². The molecule has 0 bridgehead atoms. The van der Waals surface area contributed by atoms with Gasteiger partial charge >= 0.3 is 0 Å². The van der Waals surface area contributed by atoms with Crippen molar-refractivity contribution in [2.24, 2.45) is 0 Å². The molecule has 0 aliphatic heterocycles. The molecule has 1 aromatic heterocycles. The number of carbonyl (C=O) groups excluding carboxylic acids is 1. The van der Waals surface area contributed by atoms with Gasteiger partial charge in [-0.1, -0.05) is 11.6 Å². The Morgan fingerprint density at radius 2 is 2.19 bits per heavy atom. The lowest BCUT2D eigenvalue weighted by molar-refractivity contribution is -0.384. The second kappa shape index (κ2) is 6.19. The molecule has 1 N–H and O–H groups in total. The fourth-order valence-corrected chi connectivity index (χ4v) is 1.82. The fourth-order valence-electron chi connectivity index (χ4n) is 1.65. The summed E-state index contributed by atoms with van der Waals surface area (Å²) in [6.07, 6.45) is 1.49. The molecular weight excluding hydrogens is 298 g/mol. The molecule has 2 aromatic rings. The smallest absolute Gasteiger partial charge is 0.273 e. The number of nitrogens with zero attached hydrogens (tertiary/aromatic N) is 2. The molecule has 0 aliphatic carbocycles. The molecule has 8 heteroatoms. The van der Waals surface area contributed by atoms with E-state index in [1.807, 2.05) is 0 Å². The number of nitro benzene ring substituents is 1. The molecule has 0 fully saturated rings. The summed E-state index contributed by atoms with van der Waals surface area (Å²) in [7, 11) is 1.33. The number of methoxy groups -OCH3 is 1. The molecule has 0 unspecified atom stereocenters. The summed E-state index contributed by atoms with van der Waals surface area (Å²) in [6, 6.07) is 6.93. The Hall–Kier alpha value is -2.67. The zero-order valence-corrected chi connectivity index (χ0v) is 11.6. The van der Waals surface area contributed by atoms with Gasteiger partial charge in [-0.15, -0.1) is 0 Å². The normalized spacial score (nSPS) is 10.0. The number of hydrogen-bond acceptors (Lipinski definition) is 5. The number of aromatic nitrogens is 1. The summed E-state index contributed by atoms with van der Waals surface area (Å²) in [5.74, 6) is -0.404. The molecule has 0 atom stereocenters. The highest BCUT2D eigenvalue weighted by atomic mass is 35.5. The minimum atomic E-state index is -0.567. The zero-order chi connectivity index (χ0) is 15.4. The third kappa shape index (κ3) is 3.26. The van der Waals surface area contributed by atoms with E-state index >= 15 is 0 Å². The Morgan fingerprint density at radius 1 is 1.43 bits per heavy atom. The molecule has 0 aliphatic rings. The predicted octanol–water partition coefficient (Wildman–Crippen LogP) is 2.90. The van der Waals surface area contributed by atoms with Crippen molar-refractivity contribution < 1.29 is 14.5 Å². The predicted molar refractivity (Wildman–Crippen MR) is 76.8 cm³/mol. The van der Waals surface area contributed by atoms with Crippen LogP contribution in [0.5, 0.6) is 5.75 Å². The highest BCUT2D eigenvalue weighted by Crippen LogP contribution is 2.26. The lowest BCUT2D eigenvalue weighted by atomic mass is 10.1. The van der Waals surface area contributed by atoms with Crippen molar-refractivity contribution in [1.82, 2.24) is 4.98 Å². The van der Waals surface area contributed by atoms with E-state index in [4.69, 9.17) is 16.3 Å². The van der Waals surface area contributed by atoms with Gasteiger partial charge < -0.3 is 10.1 Å². The van der Waals surface area contributed by atoms with Crippen LogP contribution in [0.2, 0.25) is 5.15 Å². The molecule has 108 valence electrons. The number of pyridine rings is 1. The first kappa shape index (κ1) is 14.7. The molecule has 1 heterocycles. The maximum atomic E-state index is 12.2. The average Bonchev–Trinajstić information content (AvgIpc) is 2.48. The first-order valence-electron chi connectivity index (χ1n) is 5.77. The van der Waals surface area contributed by atoms with Crippen LogP contribution in [0, 0.1) is 10.1 Å². The van der Waals surface area contributed by atoms with Crippen LogP contribution in [-0.4, -0.2) is 22.9 Å². The van der Waals surface area contributed by atoms with Crippen LogP contribution in [0.3, 0.4) is 0 Å². The van der Waals surface area contributed by atoms with Gasteiger partial charge in [0.25, 0.3) is 11.6 Å². The summed E-state index contributed by atoms with van der Waals surface area (Å²) >= 11 is 5.85. The topological polar surface area (TPSA) is 94.4 Å². The van der Waals surface area contributed by atoms with Crippen molar-refractivity contribution in [3.8, 4) is 5.75 Å². The fraction of sp³-hybridized carbons (Fsp3) is 0.0769. The van der Waals surface area contributed by atoms with E-state index in [9.17, 15) is 14.9 Å². The van der Waals surface area contributed by atoms with Crippen molar-refractivity contribution in [1.29, 1.82) is 0 Å². The summed E-state index contributed by atoms with van der Waals surface area (Å²) in [4.78, 5) is 26.2. The van der Waals surface area contributed by atoms with Gasteiger partial charge in [0.15, 0.2) is 5.15 Å². The Balaban J connectivity index is 2.31. The number of non-ortho nitro benzene ring substituents is 1. The minimum absolute atomic E-state index is 0.0988. The van der Waals surface area contributed by atoms with Crippen LogP contribution in [-0.2, 0) is 0 Å². The van der Waals surface area contributed by atoms with E-state index in [0.717, 1.165) is 0 Å². The van der Waals surface area contributed by atoms with Gasteiger partial charge in [0.1, 0.15) is 5.75 Å². The summed E-state index contributed by atoms with van der Waals surface area (Å²) < 4.78 is 5.01. The van der Waals surface area contributed by atoms with Crippen LogP contribution in [0.15, 0.2) is 36.5 Å². The number of rotatable bonds is 4. The second-order valence-corrected chi connectivity index (χ2v) is 4.30. The van der Waals surface area contributed by atoms with Gasteiger partial charge in [0.05, 0.1) is 29.4 Å². The van der Waals surface area contributed by atoms with E-state index < -0.39 is 10.8 Å². The van der Waals surface area contributed by atoms with Gasteiger partial charge in [-0.3, -0.25) is 14.9 Å². The number of ether oxygens (including phenoxy) is 1. The van der Waals surface area contributed by atoms with Gasteiger partial charge in [-0.05, 0) is 18.2 Å². The number of halogens is 1. The summed E-state index contributed by atoms with van der Waals surface area (Å²) in [5.41, 5.74) is 0.329. The Kier molecular flexibility index (Phi) is 4.34. The summed E-state index contributed by atoms with van der Waals surface area (Å²) in [6.45, 7) is 0. The molecule has 1 amide bonds. The third-order valence-corrected chi connectivity index (χ3v) is 2.95. The van der Waals surface area contributed by atoms with Crippen LogP contribution in [0.1, 0.15) is 10.4 Å². The SMILES string of the molecule is COc1cc([N+](=O)[O-])ccc1C(=O)Nc1cccnc1Cl. The largest absolute Gasteiger partial charge is 0.496 e. The number of nitrogens with one attached hydrogen (secondary N) is 1. The molecule has 1 aromatic carbocycles. The number of nitro groups is 1. The average molecular weight is 308 g/mol. The molecule has 2 rings (SSSR count). The van der Waals surface area contributed by atoms with E-state index in [2.05, 4.69) is 10.3 Å². The quantitative estimate of drug-likeness (QED) is 0.532. The minimum Gasteiger partial charge on any atom is -0.496 e. The molecule has 0 spiro atoms. The van der Waals surface area contributed by atoms with E-state index in [-0.39, 0.29) is 22.2 Å². The maximum Gasteiger partial charge on any atom is 0.273 e. The molecule has 21 heavy (non-hydrogen) atoms. The Labute approximate surface area is 124 Å². The number of carbonyl (C=O) groups is 1. The molecule has 0 saturated heterocycles. The molecule has 0 radical (unpaired) electrons. The van der Waals surface area contributed by atoms with Crippen molar-refractivity contribution in [3.05, 3.63) is 57.4 Å². The van der Waals surface area contributed by atoms with Crippen molar-refractivity contribution in [2.75, 3.05) is 12.4 Å². The van der Waals surface area contributed by atoms with Gasteiger partial charge in [0, 0.05) is 12.3 Å². The maximum absolute atomic E-state index is 12.2. The summed E-state index contributed by atoms with van der Waals surface area (Å²) in [5, 5.41) is 13.4. The molecule has 7 nitrogen and oxygen atoms in total. The number of anilines is 1. The van der Waals surface area contributed by atoms with Gasteiger partial charge in [-0.25, -0.2) is 4.98 Å². The zero-order valence-electron chi connectivity index (χ0n) is 10.9. The first-order valence-corrected chi connectivity index (χ1v) is 6.15. The van der Waals surface area contributed by atoms with Crippen LogP contribution in [0.25, 0.3) is 0 Å². The third-order valence-electron chi connectivity index (χ3n) is 2.65. The van der Waals surface area contributed by atoms with Gasteiger partial charge in [0.2, 0.25) is 0 Å². The molecule has 0 saturated carbocycles. The van der Waals surface area contributed by atoms with Crippen molar-refractivity contribution >= 4 is 28.9 Å². The standard InChI is InChI=1S/C13H10ClN3O4/c1-21-11-7-8(17(19)20)4-5-9(11)13(18)16-10-3-2-6-15-12(10)14/h2-7H,1H3,(H,16,18). The number of amides is 1. The van der Waals surface area contributed by atoms with Crippen molar-refractivity contribution in [3.63, 3.8) is 0 Å². The number of benzene rings is 1. The second-order valence-electron chi connectivity index (χ2n) is 3.94. The lowest BCUT2D eigenvalue weighted by Crippen LogP contribution is -2.14. The molecular formula is C13H10ClN3O4. The highest BCUT2D eigenvalue weighted by Gasteiger charge is 2.17.